The van der Waals surface area contributed by atoms with Gasteiger partial charge in [-0.05, 0) is 12.8 Å². The molecular weight excluding hydrogens is 218 g/mol. The molecule has 0 bridgehead atoms. The number of nitrogens with one attached hydrogen (secondary N) is 1. The number of carbonyl (C=O) groups is 2. The zero-order valence-corrected chi connectivity index (χ0v) is 9.20. The summed E-state index contributed by atoms with van der Waals surface area (Å²) in [5.41, 5.74) is 0. The molecule has 0 aromatic carbocycles. The van der Waals surface area contributed by atoms with Crippen molar-refractivity contribution in [2.24, 2.45) is 5.92 Å². The number of rotatable bonds is 4. The third-order valence-electron chi connectivity index (χ3n) is 2.39. The van der Waals surface area contributed by atoms with Crippen molar-refractivity contribution in [3.63, 3.8) is 0 Å². The maximum Gasteiger partial charge on any atom is 0.327 e. The van der Waals surface area contributed by atoms with Gasteiger partial charge in [-0.25, -0.2) is 4.79 Å². The zero-order valence-electron chi connectivity index (χ0n) is 8.31. The van der Waals surface area contributed by atoms with Crippen molar-refractivity contribution < 1.29 is 19.4 Å². The Morgan fingerprint density at radius 1 is 1.47 bits per heavy atom. The number of aliphatic carboxylic acids is 1. The Morgan fingerprint density at radius 2 is 2.07 bits per heavy atom. The van der Waals surface area contributed by atoms with Crippen LogP contribution in [0.5, 0.6) is 0 Å². The molecule has 6 heteroatoms. The number of carbonyl (C=O) groups excluding carboxylic acids is 1. The molecule has 1 unspecified atom stereocenters. The zero-order chi connectivity index (χ0) is 11.3. The highest BCUT2D eigenvalue weighted by Crippen LogP contribution is 2.14. The van der Waals surface area contributed by atoms with Crippen LogP contribution in [0.1, 0.15) is 12.8 Å². The summed E-state index contributed by atoms with van der Waals surface area (Å²) in [6, 6.07) is -0.899. The smallest absolute Gasteiger partial charge is 0.327 e. The Hall–Kier alpha value is -0.750. The van der Waals surface area contributed by atoms with E-state index in [1.165, 1.54) is 0 Å². The van der Waals surface area contributed by atoms with Gasteiger partial charge in [0.05, 0.1) is 0 Å². The highest BCUT2D eigenvalue weighted by Gasteiger charge is 2.25. The van der Waals surface area contributed by atoms with Gasteiger partial charge in [-0.1, -0.05) is 0 Å². The molecule has 0 aromatic rings. The van der Waals surface area contributed by atoms with Crippen molar-refractivity contribution in [2.45, 2.75) is 18.9 Å². The van der Waals surface area contributed by atoms with Crippen molar-refractivity contribution in [1.29, 1.82) is 0 Å². The summed E-state index contributed by atoms with van der Waals surface area (Å²) in [5, 5.41) is 11.2. The fourth-order valence-electron chi connectivity index (χ4n) is 1.43. The average Bonchev–Trinajstić information content (AvgIpc) is 2.26. The minimum atomic E-state index is -1.05. The Labute approximate surface area is 93.6 Å². The van der Waals surface area contributed by atoms with E-state index in [-0.39, 0.29) is 17.6 Å². The lowest BCUT2D eigenvalue weighted by Crippen LogP contribution is -2.45. The molecule has 0 saturated carbocycles. The monoisotopic (exact) mass is 233 g/mol. The van der Waals surface area contributed by atoms with Crippen molar-refractivity contribution in [1.82, 2.24) is 5.32 Å². The van der Waals surface area contributed by atoms with Gasteiger partial charge >= 0.3 is 5.97 Å². The van der Waals surface area contributed by atoms with Gasteiger partial charge in [0, 0.05) is 24.9 Å². The predicted molar refractivity (Wildman–Crippen MR) is 57.0 cm³/mol. The molecule has 15 heavy (non-hydrogen) atoms. The lowest BCUT2D eigenvalue weighted by atomic mass is 9.99. The number of hydrogen-bond donors (Lipinski definition) is 3. The van der Waals surface area contributed by atoms with Gasteiger partial charge in [0.25, 0.3) is 0 Å². The average molecular weight is 233 g/mol. The minimum Gasteiger partial charge on any atom is -0.480 e. The summed E-state index contributed by atoms with van der Waals surface area (Å²) in [6.07, 6.45) is 1.31. The lowest BCUT2D eigenvalue weighted by molar-refractivity contribution is -0.142. The van der Waals surface area contributed by atoms with E-state index < -0.39 is 12.0 Å². The van der Waals surface area contributed by atoms with Crippen molar-refractivity contribution in [2.75, 3.05) is 19.0 Å². The van der Waals surface area contributed by atoms with E-state index in [1.807, 2.05) is 0 Å². The topological polar surface area (TPSA) is 75.6 Å². The molecule has 86 valence electrons. The van der Waals surface area contributed by atoms with Gasteiger partial charge in [0.1, 0.15) is 6.04 Å². The normalized spacial score (nSPS) is 19.5. The molecule has 5 nitrogen and oxygen atoms in total. The molecule has 1 rings (SSSR count). The van der Waals surface area contributed by atoms with Crippen LogP contribution in [0.4, 0.5) is 0 Å². The van der Waals surface area contributed by atoms with Gasteiger partial charge in [-0.2, -0.15) is 12.6 Å². The van der Waals surface area contributed by atoms with Gasteiger partial charge in [-0.15, -0.1) is 0 Å². The minimum absolute atomic E-state index is 0.101. The van der Waals surface area contributed by atoms with E-state index in [0.717, 1.165) is 0 Å². The second-order valence-electron chi connectivity index (χ2n) is 3.47. The molecule has 1 atom stereocenters. The van der Waals surface area contributed by atoms with Crippen LogP contribution in [-0.4, -0.2) is 42.0 Å². The molecule has 0 spiro atoms. The lowest BCUT2D eigenvalue weighted by Gasteiger charge is -2.22. The summed E-state index contributed by atoms with van der Waals surface area (Å²) >= 11 is 3.87. The molecule has 0 radical (unpaired) electrons. The first-order valence-corrected chi connectivity index (χ1v) is 5.50. The maximum atomic E-state index is 11.6. The quantitative estimate of drug-likeness (QED) is 0.593. The highest BCUT2D eigenvalue weighted by atomic mass is 32.1. The van der Waals surface area contributed by atoms with E-state index in [9.17, 15) is 9.59 Å². The van der Waals surface area contributed by atoms with E-state index in [4.69, 9.17) is 9.84 Å². The standard InChI is InChI=1S/C9H15NO4S/c11-8(6-1-3-14-4-2-6)10-7(5-15)9(12)13/h6-7,15H,1-5H2,(H,10,11)(H,12,13). The van der Waals surface area contributed by atoms with Crippen LogP contribution in [-0.2, 0) is 14.3 Å². The van der Waals surface area contributed by atoms with Crippen LogP contribution in [0.2, 0.25) is 0 Å². The number of amides is 1. The van der Waals surface area contributed by atoms with E-state index in [1.54, 1.807) is 0 Å². The van der Waals surface area contributed by atoms with Crippen LogP contribution in [0, 0.1) is 5.92 Å². The summed E-state index contributed by atoms with van der Waals surface area (Å²) in [5.74, 6) is -1.28. The Kier molecular flexibility index (Phi) is 4.90. The molecule has 1 aliphatic rings. The Balaban J connectivity index is 2.42. The summed E-state index contributed by atoms with van der Waals surface area (Å²) in [7, 11) is 0. The van der Waals surface area contributed by atoms with Crippen molar-refractivity contribution >= 4 is 24.5 Å². The molecule has 1 saturated heterocycles. The first-order valence-electron chi connectivity index (χ1n) is 4.87. The van der Waals surface area contributed by atoms with E-state index in [0.29, 0.717) is 26.1 Å². The van der Waals surface area contributed by atoms with Crippen LogP contribution in [0.25, 0.3) is 0 Å². The summed E-state index contributed by atoms with van der Waals surface area (Å²) in [4.78, 5) is 22.3. The van der Waals surface area contributed by atoms with Crippen LogP contribution >= 0.6 is 12.6 Å². The number of hydrogen-bond acceptors (Lipinski definition) is 4. The molecule has 1 amide bonds. The molecule has 1 heterocycles. The van der Waals surface area contributed by atoms with Crippen LogP contribution in [0.15, 0.2) is 0 Å². The molecule has 0 aliphatic carbocycles. The second kappa shape index (κ2) is 5.97. The third-order valence-corrected chi connectivity index (χ3v) is 2.75. The molecule has 1 fully saturated rings. The fourth-order valence-corrected chi connectivity index (χ4v) is 1.68. The molecular formula is C9H15NO4S. The van der Waals surface area contributed by atoms with E-state index >= 15 is 0 Å². The second-order valence-corrected chi connectivity index (χ2v) is 3.83. The number of thiol groups is 1. The number of carboxylic acid groups (broad SMARTS) is 1. The Morgan fingerprint density at radius 3 is 2.53 bits per heavy atom. The largest absolute Gasteiger partial charge is 0.480 e. The third kappa shape index (κ3) is 3.71. The predicted octanol–water partition coefficient (Wildman–Crippen LogP) is -0.0878. The molecule has 0 aromatic heterocycles. The molecule has 2 N–H and O–H groups in total. The van der Waals surface area contributed by atoms with Crippen LogP contribution in [0.3, 0.4) is 0 Å². The summed E-state index contributed by atoms with van der Waals surface area (Å²) < 4.78 is 5.12. The maximum absolute atomic E-state index is 11.6. The first kappa shape index (κ1) is 12.3. The SMILES string of the molecule is O=C(NC(CS)C(=O)O)C1CCOCC1. The Bertz CT molecular complexity index is 240. The van der Waals surface area contributed by atoms with E-state index in [2.05, 4.69) is 17.9 Å². The van der Waals surface area contributed by atoms with Gasteiger partial charge in [-0.3, -0.25) is 4.79 Å². The highest BCUT2D eigenvalue weighted by molar-refractivity contribution is 7.80. The number of ether oxygens (including phenoxy) is 1. The van der Waals surface area contributed by atoms with Gasteiger partial charge < -0.3 is 15.2 Å². The summed E-state index contributed by atoms with van der Waals surface area (Å²) in [6.45, 7) is 1.13. The van der Waals surface area contributed by atoms with Gasteiger partial charge in [0.15, 0.2) is 0 Å². The first-order chi connectivity index (χ1) is 7.15. The van der Waals surface area contributed by atoms with Gasteiger partial charge in [0.2, 0.25) is 5.91 Å². The van der Waals surface area contributed by atoms with Crippen molar-refractivity contribution in [3.8, 4) is 0 Å². The van der Waals surface area contributed by atoms with Crippen LogP contribution < -0.4 is 5.32 Å². The van der Waals surface area contributed by atoms with Crippen molar-refractivity contribution in [3.05, 3.63) is 0 Å². The molecule has 1 aliphatic heterocycles. The number of carboxylic acids is 1. The fraction of sp³-hybridized carbons (Fsp3) is 0.778.